The van der Waals surface area contributed by atoms with Crippen LogP contribution < -0.4 is 15.8 Å². The van der Waals surface area contributed by atoms with E-state index in [-0.39, 0.29) is 30.0 Å². The number of hydrogen-bond acceptors (Lipinski definition) is 7. The molecule has 1 aromatic carbocycles. The highest BCUT2D eigenvalue weighted by Gasteiger charge is 2.44. The molecule has 29 heavy (non-hydrogen) atoms. The maximum Gasteiger partial charge on any atom is 0.262 e. The highest BCUT2D eigenvalue weighted by Crippen LogP contribution is 2.30. The Morgan fingerprint density at radius 3 is 2.48 bits per heavy atom. The van der Waals surface area contributed by atoms with E-state index >= 15 is 0 Å². The number of fused-ring (bicyclic) bond motifs is 1. The van der Waals surface area contributed by atoms with Crippen molar-refractivity contribution in [1.82, 2.24) is 15.1 Å². The fourth-order valence-electron chi connectivity index (χ4n) is 4.01. The predicted molar refractivity (Wildman–Crippen MR) is 102 cm³/mol. The molecule has 0 radical (unpaired) electrons. The lowest BCUT2D eigenvalue weighted by molar-refractivity contribution is -0.136. The number of benzene rings is 1. The molecule has 0 aliphatic carbocycles. The van der Waals surface area contributed by atoms with Crippen molar-refractivity contribution in [3.63, 3.8) is 0 Å². The van der Waals surface area contributed by atoms with Gasteiger partial charge in [-0.3, -0.25) is 34.3 Å². The molecule has 9 nitrogen and oxygen atoms in total. The van der Waals surface area contributed by atoms with Crippen LogP contribution in [0.1, 0.15) is 46.4 Å². The molecule has 0 spiro atoms. The average Bonchev–Trinajstić information content (AvgIpc) is 2.94. The molecular weight excluding hydrogens is 376 g/mol. The molecule has 0 aromatic heterocycles. The van der Waals surface area contributed by atoms with Crippen LogP contribution in [0.3, 0.4) is 0 Å². The first-order valence-electron chi connectivity index (χ1n) is 9.90. The van der Waals surface area contributed by atoms with Gasteiger partial charge in [-0.1, -0.05) is 0 Å². The smallest absolute Gasteiger partial charge is 0.262 e. The zero-order valence-corrected chi connectivity index (χ0v) is 16.1. The molecule has 0 saturated carbocycles. The first-order chi connectivity index (χ1) is 13.9. The Kier molecular flexibility index (Phi) is 5.33. The standard InChI is InChI=1S/C20H24N4O5/c21-12-5-7-23(8-6-12)9-10-29-13-1-2-14-15(11-13)20(28)24(19(14)27)16-3-4-17(25)22-18(16)26/h1-2,11-12,16H,3-10,21H2,(H,22,25,26). The molecule has 3 heterocycles. The molecular formula is C20H24N4O5. The third-order valence-electron chi connectivity index (χ3n) is 5.72. The Morgan fingerprint density at radius 1 is 1.03 bits per heavy atom. The van der Waals surface area contributed by atoms with Crippen molar-refractivity contribution in [2.24, 2.45) is 5.73 Å². The minimum absolute atomic E-state index is 0.0968. The molecule has 4 rings (SSSR count). The normalized spacial score (nSPS) is 23.3. The van der Waals surface area contributed by atoms with Gasteiger partial charge in [0.25, 0.3) is 11.8 Å². The van der Waals surface area contributed by atoms with E-state index in [0.717, 1.165) is 37.4 Å². The van der Waals surface area contributed by atoms with Crippen molar-refractivity contribution >= 4 is 23.6 Å². The molecule has 1 atom stereocenters. The second kappa shape index (κ2) is 7.92. The number of likely N-dealkylation sites (tertiary alicyclic amines) is 1. The Labute approximate surface area is 168 Å². The fourth-order valence-corrected chi connectivity index (χ4v) is 4.01. The molecule has 3 N–H and O–H groups in total. The zero-order valence-electron chi connectivity index (χ0n) is 16.1. The van der Waals surface area contributed by atoms with Crippen molar-refractivity contribution in [3.8, 4) is 5.75 Å². The average molecular weight is 400 g/mol. The summed E-state index contributed by atoms with van der Waals surface area (Å²) >= 11 is 0. The van der Waals surface area contributed by atoms with Crippen LogP contribution in [0.5, 0.6) is 5.75 Å². The molecule has 2 saturated heterocycles. The zero-order chi connectivity index (χ0) is 20.5. The van der Waals surface area contributed by atoms with Gasteiger partial charge in [-0.2, -0.15) is 0 Å². The summed E-state index contributed by atoms with van der Waals surface area (Å²) in [6.45, 7) is 3.12. The van der Waals surface area contributed by atoms with Crippen LogP contribution in [-0.2, 0) is 9.59 Å². The number of nitrogens with one attached hydrogen (secondary N) is 1. The van der Waals surface area contributed by atoms with Gasteiger partial charge in [-0.15, -0.1) is 0 Å². The lowest BCUT2D eigenvalue weighted by Gasteiger charge is -2.29. The minimum Gasteiger partial charge on any atom is -0.492 e. The third-order valence-corrected chi connectivity index (χ3v) is 5.72. The molecule has 154 valence electrons. The van der Waals surface area contributed by atoms with Crippen LogP contribution in [0.2, 0.25) is 0 Å². The number of ether oxygens (including phenoxy) is 1. The van der Waals surface area contributed by atoms with Gasteiger partial charge in [0.15, 0.2) is 0 Å². The van der Waals surface area contributed by atoms with E-state index in [0.29, 0.717) is 12.4 Å². The third kappa shape index (κ3) is 3.88. The SMILES string of the molecule is NC1CCN(CCOc2ccc3c(c2)C(=O)N(C2CCC(=O)NC2=O)C3=O)CC1. The van der Waals surface area contributed by atoms with Gasteiger partial charge < -0.3 is 10.5 Å². The predicted octanol–water partition coefficient (Wildman–Crippen LogP) is -0.110. The van der Waals surface area contributed by atoms with Crippen molar-refractivity contribution in [2.75, 3.05) is 26.2 Å². The van der Waals surface area contributed by atoms with E-state index < -0.39 is 29.7 Å². The highest BCUT2D eigenvalue weighted by atomic mass is 16.5. The summed E-state index contributed by atoms with van der Waals surface area (Å²) < 4.78 is 5.78. The molecule has 2 fully saturated rings. The summed E-state index contributed by atoms with van der Waals surface area (Å²) in [7, 11) is 0. The van der Waals surface area contributed by atoms with Crippen molar-refractivity contribution in [1.29, 1.82) is 0 Å². The van der Waals surface area contributed by atoms with E-state index in [1.165, 1.54) is 0 Å². The Bertz CT molecular complexity index is 862. The number of carbonyl (C=O) groups excluding carboxylic acids is 4. The molecule has 1 unspecified atom stereocenters. The number of nitrogens with zero attached hydrogens (tertiary/aromatic N) is 2. The van der Waals surface area contributed by atoms with Crippen LogP contribution in [0, 0.1) is 0 Å². The van der Waals surface area contributed by atoms with Crippen molar-refractivity contribution in [3.05, 3.63) is 29.3 Å². The van der Waals surface area contributed by atoms with Crippen LogP contribution >= 0.6 is 0 Å². The van der Waals surface area contributed by atoms with E-state index in [4.69, 9.17) is 10.5 Å². The number of rotatable bonds is 5. The maximum atomic E-state index is 12.8. The minimum atomic E-state index is -0.963. The number of piperidine rings is 2. The van der Waals surface area contributed by atoms with Gasteiger partial charge in [0.05, 0.1) is 11.1 Å². The quantitative estimate of drug-likeness (QED) is 0.661. The summed E-state index contributed by atoms with van der Waals surface area (Å²) in [6, 6.07) is 4.07. The molecule has 1 aromatic rings. The molecule has 9 heteroatoms. The number of hydrogen-bond donors (Lipinski definition) is 2. The summed E-state index contributed by atoms with van der Waals surface area (Å²) in [5, 5.41) is 2.19. The number of amides is 4. The lowest BCUT2D eigenvalue weighted by Crippen LogP contribution is -2.54. The molecule has 0 bridgehead atoms. The van der Waals surface area contributed by atoms with Gasteiger partial charge >= 0.3 is 0 Å². The van der Waals surface area contributed by atoms with Gasteiger partial charge in [0.2, 0.25) is 11.8 Å². The summed E-state index contributed by atoms with van der Waals surface area (Å²) in [4.78, 5) is 52.2. The lowest BCUT2D eigenvalue weighted by atomic mass is 10.0. The van der Waals surface area contributed by atoms with Crippen molar-refractivity contribution < 1.29 is 23.9 Å². The molecule has 3 aliphatic heterocycles. The Hall–Kier alpha value is -2.78. The van der Waals surface area contributed by atoms with E-state index in [1.54, 1.807) is 18.2 Å². The van der Waals surface area contributed by atoms with Gasteiger partial charge in [0.1, 0.15) is 18.4 Å². The van der Waals surface area contributed by atoms with Gasteiger partial charge in [-0.05, 0) is 50.6 Å². The monoisotopic (exact) mass is 400 g/mol. The topological polar surface area (TPSA) is 122 Å². The van der Waals surface area contributed by atoms with E-state index in [1.807, 2.05) is 0 Å². The number of carbonyl (C=O) groups is 4. The van der Waals surface area contributed by atoms with Crippen LogP contribution in [0.25, 0.3) is 0 Å². The van der Waals surface area contributed by atoms with Gasteiger partial charge in [0, 0.05) is 19.0 Å². The fraction of sp³-hybridized carbons (Fsp3) is 0.500. The number of nitrogens with two attached hydrogens (primary N) is 1. The van der Waals surface area contributed by atoms with E-state index in [9.17, 15) is 19.2 Å². The maximum absolute atomic E-state index is 12.8. The largest absolute Gasteiger partial charge is 0.492 e. The molecule has 4 amide bonds. The first-order valence-corrected chi connectivity index (χ1v) is 9.90. The molecule has 3 aliphatic rings. The summed E-state index contributed by atoms with van der Waals surface area (Å²) in [5.41, 5.74) is 6.38. The van der Waals surface area contributed by atoms with Gasteiger partial charge in [-0.25, -0.2) is 0 Å². The highest BCUT2D eigenvalue weighted by molar-refractivity contribution is 6.23. The number of imide groups is 2. The second-order valence-electron chi connectivity index (χ2n) is 7.68. The van der Waals surface area contributed by atoms with Crippen LogP contribution in [0.15, 0.2) is 18.2 Å². The summed E-state index contributed by atoms with van der Waals surface area (Å²) in [5.74, 6) is -1.56. The van der Waals surface area contributed by atoms with Crippen LogP contribution in [-0.4, -0.2) is 71.8 Å². The Morgan fingerprint density at radius 2 is 1.76 bits per heavy atom. The van der Waals surface area contributed by atoms with Crippen LogP contribution in [0.4, 0.5) is 0 Å². The van der Waals surface area contributed by atoms with E-state index in [2.05, 4.69) is 10.2 Å². The first kappa shape index (κ1) is 19.5. The second-order valence-corrected chi connectivity index (χ2v) is 7.68. The summed E-state index contributed by atoms with van der Waals surface area (Å²) in [6.07, 6.45) is 2.19. The Balaban J connectivity index is 1.40. The van der Waals surface area contributed by atoms with Crippen molar-refractivity contribution in [2.45, 2.75) is 37.8 Å².